The number of rotatable bonds is 4. The molecule has 74 valence electrons. The van der Waals surface area contributed by atoms with Gasteiger partial charge in [0.15, 0.2) is 6.29 Å². The fraction of sp³-hybridized carbons (Fsp3) is 0.455. The van der Waals surface area contributed by atoms with Crippen molar-refractivity contribution in [2.45, 2.75) is 18.3 Å². The van der Waals surface area contributed by atoms with E-state index < -0.39 is 0 Å². The number of pyridine rings is 1. The maximum Gasteiger partial charge on any atom is 0.168 e. The van der Waals surface area contributed by atoms with Crippen LogP contribution in [-0.4, -0.2) is 25.0 Å². The lowest BCUT2D eigenvalue weighted by Crippen LogP contribution is -2.16. The van der Waals surface area contributed by atoms with E-state index >= 15 is 0 Å². The molecule has 3 heteroatoms. The van der Waals surface area contributed by atoms with Crippen LogP contribution in [0.15, 0.2) is 18.2 Å². The van der Waals surface area contributed by atoms with Gasteiger partial charge >= 0.3 is 0 Å². The topological polar surface area (TPSA) is 39.2 Å². The van der Waals surface area contributed by atoms with E-state index in [0.29, 0.717) is 12.3 Å². The standard InChI is InChI=1S/C11H13NO2/c1-14-8-11(5-6-11)10-4-2-3-9(7-13)12-10/h2-4,7H,5-6,8H2,1H3. The third-order valence-corrected chi connectivity index (χ3v) is 2.71. The Balaban J connectivity index is 2.27. The monoisotopic (exact) mass is 191 g/mol. The maximum absolute atomic E-state index is 10.6. The summed E-state index contributed by atoms with van der Waals surface area (Å²) < 4.78 is 5.17. The van der Waals surface area contributed by atoms with E-state index in [1.807, 2.05) is 12.1 Å². The minimum atomic E-state index is 0.0910. The van der Waals surface area contributed by atoms with Gasteiger partial charge < -0.3 is 4.74 Å². The summed E-state index contributed by atoms with van der Waals surface area (Å²) in [6, 6.07) is 5.57. The molecule has 0 bridgehead atoms. The van der Waals surface area contributed by atoms with E-state index in [2.05, 4.69) is 4.98 Å². The molecule has 0 radical (unpaired) electrons. The molecule has 1 aliphatic rings. The Hall–Kier alpha value is -1.22. The van der Waals surface area contributed by atoms with Crippen LogP contribution >= 0.6 is 0 Å². The summed E-state index contributed by atoms with van der Waals surface area (Å²) in [5.41, 5.74) is 1.59. The van der Waals surface area contributed by atoms with Crippen LogP contribution in [0.5, 0.6) is 0 Å². The van der Waals surface area contributed by atoms with E-state index in [1.54, 1.807) is 13.2 Å². The molecule has 0 aliphatic heterocycles. The van der Waals surface area contributed by atoms with Crippen molar-refractivity contribution in [3.8, 4) is 0 Å². The lowest BCUT2D eigenvalue weighted by Gasteiger charge is -2.13. The Kier molecular flexibility index (Phi) is 2.33. The van der Waals surface area contributed by atoms with Gasteiger partial charge in [0.25, 0.3) is 0 Å². The summed E-state index contributed by atoms with van der Waals surface area (Å²) in [5, 5.41) is 0. The van der Waals surface area contributed by atoms with Crippen molar-refractivity contribution in [3.05, 3.63) is 29.6 Å². The van der Waals surface area contributed by atoms with Gasteiger partial charge in [-0.25, -0.2) is 4.98 Å². The molecule has 0 aromatic carbocycles. The molecule has 1 heterocycles. The molecule has 14 heavy (non-hydrogen) atoms. The molecule has 1 aliphatic carbocycles. The first-order chi connectivity index (χ1) is 6.80. The number of carbonyl (C=O) groups excluding carboxylic acids is 1. The highest BCUT2D eigenvalue weighted by Crippen LogP contribution is 2.47. The molecule has 1 saturated carbocycles. The quantitative estimate of drug-likeness (QED) is 0.678. The molecule has 1 aromatic heterocycles. The number of carbonyl (C=O) groups is 1. The number of ether oxygens (including phenoxy) is 1. The molecule has 3 nitrogen and oxygen atoms in total. The fourth-order valence-corrected chi connectivity index (χ4v) is 1.71. The zero-order valence-corrected chi connectivity index (χ0v) is 8.19. The first-order valence-electron chi connectivity index (χ1n) is 4.72. The lowest BCUT2D eigenvalue weighted by molar-refractivity contribution is 0.111. The SMILES string of the molecule is COCC1(c2cccc(C=O)n2)CC1. The van der Waals surface area contributed by atoms with E-state index in [4.69, 9.17) is 4.74 Å². The molecular weight excluding hydrogens is 178 g/mol. The summed E-state index contributed by atoms with van der Waals surface area (Å²) in [4.78, 5) is 14.9. The first kappa shape index (κ1) is 9.34. The second kappa shape index (κ2) is 3.50. The van der Waals surface area contributed by atoms with Crippen LogP contribution in [0.2, 0.25) is 0 Å². The highest BCUT2D eigenvalue weighted by molar-refractivity contribution is 5.71. The molecule has 0 saturated heterocycles. The Morgan fingerprint density at radius 3 is 2.93 bits per heavy atom. The average Bonchev–Trinajstić information content (AvgIpc) is 3.00. The Morgan fingerprint density at radius 1 is 1.57 bits per heavy atom. The third kappa shape index (κ3) is 1.55. The van der Waals surface area contributed by atoms with Crippen LogP contribution < -0.4 is 0 Å². The van der Waals surface area contributed by atoms with Gasteiger partial charge in [-0.2, -0.15) is 0 Å². The van der Waals surface area contributed by atoms with Crippen molar-refractivity contribution in [3.63, 3.8) is 0 Å². The van der Waals surface area contributed by atoms with Gasteiger partial charge in [-0.15, -0.1) is 0 Å². The first-order valence-corrected chi connectivity index (χ1v) is 4.72. The zero-order valence-electron chi connectivity index (χ0n) is 8.19. The van der Waals surface area contributed by atoms with Gasteiger partial charge in [0, 0.05) is 18.2 Å². The number of hydrogen-bond donors (Lipinski definition) is 0. The highest BCUT2D eigenvalue weighted by atomic mass is 16.5. The molecule has 1 aromatic rings. The second-order valence-corrected chi connectivity index (χ2v) is 3.78. The van der Waals surface area contributed by atoms with Crippen molar-refractivity contribution in [1.29, 1.82) is 0 Å². The zero-order chi connectivity index (χ0) is 10.0. The van der Waals surface area contributed by atoms with Crippen LogP contribution in [0, 0.1) is 0 Å². The summed E-state index contributed by atoms with van der Waals surface area (Å²) in [6.07, 6.45) is 3.00. The van der Waals surface area contributed by atoms with Crippen molar-refractivity contribution in [2.75, 3.05) is 13.7 Å². The number of methoxy groups -OCH3 is 1. The number of aldehydes is 1. The van der Waals surface area contributed by atoms with Gasteiger partial charge in [0.05, 0.1) is 6.61 Å². The van der Waals surface area contributed by atoms with Gasteiger partial charge in [0.2, 0.25) is 0 Å². The summed E-state index contributed by atoms with van der Waals surface area (Å²) in [5.74, 6) is 0. The summed E-state index contributed by atoms with van der Waals surface area (Å²) >= 11 is 0. The maximum atomic E-state index is 10.6. The Morgan fingerprint density at radius 2 is 2.36 bits per heavy atom. The molecule has 0 unspecified atom stereocenters. The third-order valence-electron chi connectivity index (χ3n) is 2.71. The predicted octanol–water partition coefficient (Wildman–Crippen LogP) is 1.57. The van der Waals surface area contributed by atoms with E-state index in [-0.39, 0.29) is 5.41 Å². The molecule has 0 spiro atoms. The average molecular weight is 191 g/mol. The van der Waals surface area contributed by atoms with Crippen LogP contribution in [0.3, 0.4) is 0 Å². The molecular formula is C11H13NO2. The number of nitrogens with zero attached hydrogens (tertiary/aromatic N) is 1. The van der Waals surface area contributed by atoms with Gasteiger partial charge in [0.1, 0.15) is 5.69 Å². The van der Waals surface area contributed by atoms with E-state index in [9.17, 15) is 4.79 Å². The highest BCUT2D eigenvalue weighted by Gasteiger charge is 2.45. The van der Waals surface area contributed by atoms with Gasteiger partial charge in [-0.1, -0.05) is 6.07 Å². The van der Waals surface area contributed by atoms with Gasteiger partial charge in [-0.05, 0) is 25.0 Å². The minimum absolute atomic E-state index is 0.0910. The van der Waals surface area contributed by atoms with E-state index in [1.165, 1.54) is 0 Å². The van der Waals surface area contributed by atoms with E-state index in [0.717, 1.165) is 24.8 Å². The molecule has 0 amide bonds. The largest absolute Gasteiger partial charge is 0.384 e. The Bertz CT molecular complexity index is 345. The molecule has 0 N–H and O–H groups in total. The van der Waals surface area contributed by atoms with Crippen molar-refractivity contribution >= 4 is 6.29 Å². The molecule has 0 atom stereocenters. The summed E-state index contributed by atoms with van der Waals surface area (Å²) in [6.45, 7) is 0.697. The molecule has 1 fully saturated rings. The minimum Gasteiger partial charge on any atom is -0.384 e. The second-order valence-electron chi connectivity index (χ2n) is 3.78. The van der Waals surface area contributed by atoms with Crippen LogP contribution in [0.1, 0.15) is 29.0 Å². The predicted molar refractivity (Wildman–Crippen MR) is 52.4 cm³/mol. The Labute approximate surface area is 83.1 Å². The number of aromatic nitrogens is 1. The van der Waals surface area contributed by atoms with Gasteiger partial charge in [-0.3, -0.25) is 4.79 Å². The number of hydrogen-bond acceptors (Lipinski definition) is 3. The molecule has 2 rings (SSSR count). The van der Waals surface area contributed by atoms with Crippen LogP contribution in [0.25, 0.3) is 0 Å². The summed E-state index contributed by atoms with van der Waals surface area (Å²) in [7, 11) is 1.70. The van der Waals surface area contributed by atoms with Crippen LogP contribution in [0.4, 0.5) is 0 Å². The van der Waals surface area contributed by atoms with Crippen LogP contribution in [-0.2, 0) is 10.2 Å². The normalized spacial score (nSPS) is 17.8. The van der Waals surface area contributed by atoms with Crippen molar-refractivity contribution in [1.82, 2.24) is 4.98 Å². The van der Waals surface area contributed by atoms with Crippen molar-refractivity contribution in [2.24, 2.45) is 0 Å². The smallest absolute Gasteiger partial charge is 0.168 e. The fourth-order valence-electron chi connectivity index (χ4n) is 1.71. The lowest BCUT2D eigenvalue weighted by atomic mass is 10.0. The van der Waals surface area contributed by atoms with Crippen molar-refractivity contribution < 1.29 is 9.53 Å².